The first kappa shape index (κ1) is 15.5. The third-order valence-corrected chi connectivity index (χ3v) is 8.24. The Balaban J connectivity index is 1.78. The smallest absolute Gasteiger partial charge is 0.242 e. The molecule has 124 valence electrons. The number of nitrogens with one attached hydrogen (secondary N) is 1. The third-order valence-electron chi connectivity index (χ3n) is 5.28. The number of benzene rings is 1. The Morgan fingerprint density at radius 2 is 2.04 bits per heavy atom. The fourth-order valence-electron chi connectivity index (χ4n) is 4.21. The Hall–Kier alpha value is -0.990. The molecule has 0 spiro atoms. The number of fused-ring (bicyclic) bond motifs is 3. The lowest BCUT2D eigenvalue weighted by atomic mass is 9.90. The molecule has 2 aliphatic rings. The summed E-state index contributed by atoms with van der Waals surface area (Å²) in [6.45, 7) is 1.80. The van der Waals surface area contributed by atoms with Gasteiger partial charge in [-0.3, -0.25) is 0 Å². The van der Waals surface area contributed by atoms with Crippen molar-refractivity contribution in [2.24, 2.45) is 5.92 Å². The first-order valence-electron chi connectivity index (χ1n) is 7.72. The van der Waals surface area contributed by atoms with Crippen LogP contribution in [0.2, 0.25) is 0 Å². The monoisotopic (exact) mass is 353 g/mol. The van der Waals surface area contributed by atoms with Crippen molar-refractivity contribution in [2.45, 2.75) is 48.8 Å². The van der Waals surface area contributed by atoms with E-state index in [2.05, 4.69) is 4.72 Å². The van der Waals surface area contributed by atoms with Crippen molar-refractivity contribution in [1.82, 2.24) is 4.72 Å². The van der Waals surface area contributed by atoms with Crippen molar-refractivity contribution in [3.05, 3.63) is 29.1 Å². The average molecular weight is 353 g/mol. The van der Waals surface area contributed by atoms with Gasteiger partial charge in [-0.05, 0) is 38.2 Å². The van der Waals surface area contributed by atoms with Crippen LogP contribution >= 0.6 is 11.3 Å². The summed E-state index contributed by atoms with van der Waals surface area (Å²) in [4.78, 5) is 1.03. The largest absolute Gasteiger partial charge is 0.390 e. The van der Waals surface area contributed by atoms with Gasteiger partial charge in [-0.1, -0.05) is 18.2 Å². The number of hydrogen-bond donors (Lipinski definition) is 3. The average Bonchev–Trinajstić information content (AvgIpc) is 3.11. The summed E-state index contributed by atoms with van der Waals surface area (Å²) in [6.07, 6.45) is -0.0799. The second-order valence-electron chi connectivity index (χ2n) is 6.68. The molecule has 0 radical (unpaired) electrons. The highest BCUT2D eigenvalue weighted by molar-refractivity contribution is 7.90. The minimum absolute atomic E-state index is 0.0204. The molecule has 2 aliphatic carbocycles. The minimum Gasteiger partial charge on any atom is -0.390 e. The van der Waals surface area contributed by atoms with Crippen LogP contribution in [0.4, 0.5) is 0 Å². The van der Waals surface area contributed by atoms with Gasteiger partial charge in [0.05, 0.1) is 17.7 Å². The Morgan fingerprint density at radius 3 is 2.74 bits per heavy atom. The van der Waals surface area contributed by atoms with Gasteiger partial charge in [-0.15, -0.1) is 11.3 Å². The van der Waals surface area contributed by atoms with Crippen molar-refractivity contribution in [3.63, 3.8) is 0 Å². The molecule has 0 saturated heterocycles. The molecule has 1 heterocycles. The number of aliphatic hydroxyl groups is 2. The van der Waals surface area contributed by atoms with Crippen LogP contribution in [0.15, 0.2) is 29.2 Å². The summed E-state index contributed by atoms with van der Waals surface area (Å²) >= 11 is 1.45. The topological polar surface area (TPSA) is 86.6 Å². The Labute approximate surface area is 139 Å². The molecule has 0 aliphatic heterocycles. The van der Waals surface area contributed by atoms with Crippen molar-refractivity contribution >= 4 is 31.4 Å². The summed E-state index contributed by atoms with van der Waals surface area (Å²) in [7, 11) is -3.77. The van der Waals surface area contributed by atoms with Gasteiger partial charge in [0.1, 0.15) is 4.90 Å². The molecule has 4 atom stereocenters. The van der Waals surface area contributed by atoms with Crippen LogP contribution in [0.5, 0.6) is 0 Å². The highest BCUT2D eigenvalue weighted by Gasteiger charge is 2.58. The van der Waals surface area contributed by atoms with Gasteiger partial charge in [-0.25, -0.2) is 13.1 Å². The second kappa shape index (κ2) is 5.00. The lowest BCUT2D eigenvalue weighted by Gasteiger charge is -2.34. The quantitative estimate of drug-likeness (QED) is 0.785. The molecular formula is C16H19NO4S2. The summed E-state index contributed by atoms with van der Waals surface area (Å²) in [6, 6.07) is 7.43. The molecule has 1 aromatic carbocycles. The zero-order valence-corrected chi connectivity index (χ0v) is 14.3. The van der Waals surface area contributed by atoms with Crippen LogP contribution in [0.1, 0.15) is 24.1 Å². The second-order valence-corrected chi connectivity index (χ2v) is 9.56. The number of aryl methyl sites for hydroxylation is 1. The maximum Gasteiger partial charge on any atom is 0.242 e. The highest BCUT2D eigenvalue weighted by atomic mass is 32.2. The molecule has 23 heavy (non-hydrogen) atoms. The van der Waals surface area contributed by atoms with E-state index in [0.29, 0.717) is 23.1 Å². The predicted molar refractivity (Wildman–Crippen MR) is 89.0 cm³/mol. The summed E-state index contributed by atoms with van der Waals surface area (Å²) < 4.78 is 29.7. The predicted octanol–water partition coefficient (Wildman–Crippen LogP) is 1.76. The SMILES string of the molecule is Cc1sc2ccccc2c1S(=O)(=O)NC12CCC(C1)[C@H](O)[C@@H]2O. The van der Waals surface area contributed by atoms with E-state index in [9.17, 15) is 18.6 Å². The Kier molecular flexibility index (Phi) is 3.38. The first-order valence-corrected chi connectivity index (χ1v) is 10.0. The van der Waals surface area contributed by atoms with Crippen LogP contribution in [-0.2, 0) is 10.0 Å². The summed E-state index contributed by atoms with van der Waals surface area (Å²) in [5, 5.41) is 21.0. The highest BCUT2D eigenvalue weighted by Crippen LogP contribution is 2.49. The number of sulfonamides is 1. The van der Waals surface area contributed by atoms with Crippen LogP contribution in [0.3, 0.4) is 0 Å². The van der Waals surface area contributed by atoms with E-state index >= 15 is 0 Å². The van der Waals surface area contributed by atoms with E-state index < -0.39 is 27.8 Å². The standard InChI is InChI=1S/C16H19NO4S2/c1-9-14(11-4-2-3-5-12(11)22-9)23(20,21)17-16-7-6-10(8-16)13(18)15(16)19/h2-5,10,13,15,17-19H,6-8H2,1H3/t10?,13-,15-,16?/m0/s1. The molecular weight excluding hydrogens is 334 g/mol. The van der Waals surface area contributed by atoms with E-state index in [1.807, 2.05) is 24.3 Å². The van der Waals surface area contributed by atoms with Crippen molar-refractivity contribution in [1.29, 1.82) is 0 Å². The fraction of sp³-hybridized carbons (Fsp3) is 0.500. The number of aliphatic hydroxyl groups excluding tert-OH is 2. The maximum absolute atomic E-state index is 13.0. The summed E-state index contributed by atoms with van der Waals surface area (Å²) in [5.41, 5.74) is -0.932. The van der Waals surface area contributed by atoms with Crippen molar-refractivity contribution < 1.29 is 18.6 Å². The molecule has 2 bridgehead atoms. The van der Waals surface area contributed by atoms with Gasteiger partial charge in [0.25, 0.3) is 0 Å². The maximum atomic E-state index is 13.0. The Morgan fingerprint density at radius 1 is 1.30 bits per heavy atom. The van der Waals surface area contributed by atoms with Crippen LogP contribution in [-0.4, -0.2) is 36.4 Å². The minimum atomic E-state index is -3.77. The summed E-state index contributed by atoms with van der Waals surface area (Å²) in [5.74, 6) is -0.0204. The molecule has 2 saturated carbocycles. The van der Waals surface area contributed by atoms with Crippen LogP contribution in [0, 0.1) is 12.8 Å². The van der Waals surface area contributed by atoms with E-state index in [-0.39, 0.29) is 5.92 Å². The normalized spacial score (nSPS) is 33.6. The van der Waals surface area contributed by atoms with Gasteiger partial charge in [-0.2, -0.15) is 0 Å². The zero-order valence-electron chi connectivity index (χ0n) is 12.7. The third kappa shape index (κ3) is 2.18. The van der Waals surface area contributed by atoms with E-state index in [1.165, 1.54) is 11.3 Å². The molecule has 4 rings (SSSR count). The zero-order chi connectivity index (χ0) is 16.4. The molecule has 2 aromatic rings. The fourth-order valence-corrected chi connectivity index (χ4v) is 7.48. The van der Waals surface area contributed by atoms with Gasteiger partial charge in [0.2, 0.25) is 10.0 Å². The lowest BCUT2D eigenvalue weighted by molar-refractivity contribution is -0.0283. The van der Waals surface area contributed by atoms with Crippen LogP contribution in [0.25, 0.3) is 10.1 Å². The van der Waals surface area contributed by atoms with Gasteiger partial charge in [0, 0.05) is 15.0 Å². The number of thiophene rings is 1. The Bertz CT molecular complexity index is 875. The first-order chi connectivity index (χ1) is 10.8. The molecule has 2 unspecified atom stereocenters. The molecule has 2 fully saturated rings. The van der Waals surface area contributed by atoms with Crippen molar-refractivity contribution in [2.75, 3.05) is 0 Å². The van der Waals surface area contributed by atoms with E-state index in [1.54, 1.807) is 6.92 Å². The molecule has 5 nitrogen and oxygen atoms in total. The molecule has 3 N–H and O–H groups in total. The number of rotatable bonds is 3. The molecule has 0 amide bonds. The van der Waals surface area contributed by atoms with E-state index in [4.69, 9.17) is 0 Å². The number of hydrogen-bond acceptors (Lipinski definition) is 5. The van der Waals surface area contributed by atoms with Crippen molar-refractivity contribution in [3.8, 4) is 0 Å². The molecule has 1 aromatic heterocycles. The van der Waals surface area contributed by atoms with Crippen LogP contribution < -0.4 is 4.72 Å². The van der Waals surface area contributed by atoms with E-state index in [0.717, 1.165) is 16.0 Å². The lowest BCUT2D eigenvalue weighted by Crippen LogP contribution is -2.56. The molecule has 7 heteroatoms. The van der Waals surface area contributed by atoms with Gasteiger partial charge >= 0.3 is 0 Å². The van der Waals surface area contributed by atoms with Gasteiger partial charge in [0.15, 0.2) is 0 Å². The van der Waals surface area contributed by atoms with Gasteiger partial charge < -0.3 is 10.2 Å².